The van der Waals surface area contributed by atoms with Gasteiger partial charge in [-0.05, 0) is 35.2 Å². The summed E-state index contributed by atoms with van der Waals surface area (Å²) < 4.78 is 19.2. The Bertz CT molecular complexity index is 1220. The molecule has 0 unspecified atom stereocenters. The molecule has 0 aliphatic carbocycles. The summed E-state index contributed by atoms with van der Waals surface area (Å²) in [5, 5.41) is 2.69. The van der Waals surface area contributed by atoms with E-state index in [0.29, 0.717) is 19.0 Å². The second-order valence-corrected chi connectivity index (χ2v) is 8.00. The lowest BCUT2D eigenvalue weighted by atomic mass is 10.00. The van der Waals surface area contributed by atoms with Crippen LogP contribution >= 0.6 is 11.3 Å². The van der Waals surface area contributed by atoms with E-state index in [1.54, 1.807) is 12.1 Å². The SMILES string of the molecule is O=C(COc1ncnc2scc(-c3ccc(F)cc3)c12)N1CCc2ccccc2C1. The maximum atomic E-state index is 13.3. The number of hydrogen-bond acceptors (Lipinski definition) is 5. The molecule has 1 aliphatic rings. The molecule has 0 spiro atoms. The summed E-state index contributed by atoms with van der Waals surface area (Å²) in [6.07, 6.45) is 2.28. The number of halogens is 1. The fourth-order valence-corrected chi connectivity index (χ4v) is 4.64. The van der Waals surface area contributed by atoms with Crippen molar-refractivity contribution in [2.45, 2.75) is 13.0 Å². The molecule has 1 amide bonds. The minimum Gasteiger partial charge on any atom is -0.467 e. The van der Waals surface area contributed by atoms with Gasteiger partial charge < -0.3 is 9.64 Å². The van der Waals surface area contributed by atoms with Crippen molar-refractivity contribution in [1.29, 1.82) is 0 Å². The standard InChI is InChI=1S/C23H18FN3O2S/c24-18-7-5-16(6-8-18)19-13-30-23-21(19)22(25-14-26-23)29-12-20(28)27-10-9-15-3-1-2-4-17(15)11-27/h1-8,13-14H,9-12H2. The van der Waals surface area contributed by atoms with Crippen LogP contribution in [0.1, 0.15) is 11.1 Å². The molecule has 7 heteroatoms. The molecule has 150 valence electrons. The van der Waals surface area contributed by atoms with Crippen molar-refractivity contribution < 1.29 is 13.9 Å². The smallest absolute Gasteiger partial charge is 0.260 e. The Morgan fingerprint density at radius 2 is 1.90 bits per heavy atom. The van der Waals surface area contributed by atoms with Crippen LogP contribution in [-0.2, 0) is 17.8 Å². The minimum atomic E-state index is -0.292. The van der Waals surface area contributed by atoms with E-state index in [1.165, 1.54) is 40.9 Å². The molecule has 4 aromatic rings. The second kappa shape index (κ2) is 7.84. The van der Waals surface area contributed by atoms with Gasteiger partial charge in [-0.2, -0.15) is 0 Å². The molecule has 3 heterocycles. The zero-order chi connectivity index (χ0) is 20.5. The van der Waals surface area contributed by atoms with Gasteiger partial charge in [-0.3, -0.25) is 4.79 Å². The van der Waals surface area contributed by atoms with E-state index in [4.69, 9.17) is 4.74 Å². The van der Waals surface area contributed by atoms with Crippen LogP contribution in [0.3, 0.4) is 0 Å². The third-order valence-electron chi connectivity index (χ3n) is 5.31. The van der Waals surface area contributed by atoms with Crippen LogP contribution < -0.4 is 4.74 Å². The Balaban J connectivity index is 1.36. The van der Waals surface area contributed by atoms with E-state index in [1.807, 2.05) is 22.4 Å². The monoisotopic (exact) mass is 419 g/mol. The van der Waals surface area contributed by atoms with Crippen molar-refractivity contribution >= 4 is 27.5 Å². The van der Waals surface area contributed by atoms with Gasteiger partial charge in [-0.1, -0.05) is 36.4 Å². The third-order valence-corrected chi connectivity index (χ3v) is 6.19. The number of carbonyl (C=O) groups excluding carboxylic acids is 1. The van der Waals surface area contributed by atoms with Crippen molar-refractivity contribution in [3.05, 3.63) is 77.2 Å². The molecule has 1 aliphatic heterocycles. The summed E-state index contributed by atoms with van der Waals surface area (Å²) in [4.78, 5) is 23.9. The zero-order valence-electron chi connectivity index (χ0n) is 16.0. The molecule has 0 fully saturated rings. The van der Waals surface area contributed by atoms with Crippen LogP contribution in [0.4, 0.5) is 4.39 Å². The number of thiophene rings is 1. The van der Waals surface area contributed by atoms with Gasteiger partial charge in [0.15, 0.2) is 6.61 Å². The van der Waals surface area contributed by atoms with Crippen LogP contribution in [-0.4, -0.2) is 33.9 Å². The highest BCUT2D eigenvalue weighted by Gasteiger charge is 2.22. The lowest BCUT2D eigenvalue weighted by molar-refractivity contribution is -0.134. The largest absolute Gasteiger partial charge is 0.467 e. The fourth-order valence-electron chi connectivity index (χ4n) is 3.73. The van der Waals surface area contributed by atoms with Crippen LogP contribution in [0.2, 0.25) is 0 Å². The van der Waals surface area contributed by atoms with E-state index in [2.05, 4.69) is 22.1 Å². The van der Waals surface area contributed by atoms with Crippen molar-refractivity contribution in [1.82, 2.24) is 14.9 Å². The van der Waals surface area contributed by atoms with Gasteiger partial charge >= 0.3 is 0 Å². The Morgan fingerprint density at radius 3 is 2.73 bits per heavy atom. The van der Waals surface area contributed by atoms with Crippen LogP contribution in [0.15, 0.2) is 60.2 Å². The van der Waals surface area contributed by atoms with E-state index in [-0.39, 0.29) is 18.3 Å². The molecule has 2 aromatic carbocycles. The highest BCUT2D eigenvalue weighted by atomic mass is 32.1. The first-order valence-corrected chi connectivity index (χ1v) is 10.5. The van der Waals surface area contributed by atoms with Gasteiger partial charge in [0, 0.05) is 24.0 Å². The van der Waals surface area contributed by atoms with Gasteiger partial charge in [-0.25, -0.2) is 14.4 Å². The number of aromatic nitrogens is 2. The fraction of sp³-hybridized carbons (Fsp3) is 0.174. The molecule has 0 N–H and O–H groups in total. The first kappa shape index (κ1) is 18.7. The molecule has 5 nitrogen and oxygen atoms in total. The van der Waals surface area contributed by atoms with Crippen LogP contribution in [0.25, 0.3) is 21.3 Å². The van der Waals surface area contributed by atoms with Crippen molar-refractivity contribution in [2.24, 2.45) is 0 Å². The summed E-state index contributed by atoms with van der Waals surface area (Å²) in [6, 6.07) is 14.5. The Hall–Kier alpha value is -3.32. The molecular formula is C23H18FN3O2S. The molecule has 0 saturated carbocycles. The van der Waals surface area contributed by atoms with Gasteiger partial charge in [0.1, 0.15) is 17.0 Å². The highest BCUT2D eigenvalue weighted by Crippen LogP contribution is 2.37. The molecule has 5 rings (SSSR count). The van der Waals surface area contributed by atoms with Crippen LogP contribution in [0.5, 0.6) is 5.88 Å². The average Bonchev–Trinajstić information content (AvgIpc) is 3.22. The van der Waals surface area contributed by atoms with E-state index >= 15 is 0 Å². The molecule has 0 saturated heterocycles. The molecule has 30 heavy (non-hydrogen) atoms. The van der Waals surface area contributed by atoms with Gasteiger partial charge in [0.2, 0.25) is 5.88 Å². The van der Waals surface area contributed by atoms with Gasteiger partial charge in [0.25, 0.3) is 5.91 Å². The minimum absolute atomic E-state index is 0.0742. The maximum absolute atomic E-state index is 13.3. The average molecular weight is 419 g/mol. The molecule has 2 aromatic heterocycles. The number of hydrogen-bond donors (Lipinski definition) is 0. The third kappa shape index (κ3) is 3.52. The first-order chi connectivity index (χ1) is 14.7. The first-order valence-electron chi connectivity index (χ1n) is 9.64. The predicted octanol–water partition coefficient (Wildman–Crippen LogP) is 4.46. The van der Waals surface area contributed by atoms with Crippen LogP contribution in [0, 0.1) is 5.82 Å². The molecule has 0 radical (unpaired) electrons. The number of nitrogens with zero attached hydrogens (tertiary/aromatic N) is 3. The maximum Gasteiger partial charge on any atom is 0.260 e. The topological polar surface area (TPSA) is 55.3 Å². The lowest BCUT2D eigenvalue weighted by Crippen LogP contribution is -2.38. The van der Waals surface area contributed by atoms with E-state index in [0.717, 1.165) is 27.8 Å². The Kier molecular flexibility index (Phi) is 4.88. The molecule has 0 atom stereocenters. The number of ether oxygens (including phenoxy) is 1. The van der Waals surface area contributed by atoms with Crippen molar-refractivity contribution in [2.75, 3.05) is 13.2 Å². The number of benzene rings is 2. The van der Waals surface area contributed by atoms with Gasteiger partial charge in [0.05, 0.1) is 5.39 Å². The number of rotatable bonds is 4. The van der Waals surface area contributed by atoms with Crippen molar-refractivity contribution in [3.8, 4) is 17.0 Å². The van der Waals surface area contributed by atoms with Gasteiger partial charge in [-0.15, -0.1) is 11.3 Å². The zero-order valence-corrected chi connectivity index (χ0v) is 16.9. The summed E-state index contributed by atoms with van der Waals surface area (Å²) >= 11 is 1.46. The summed E-state index contributed by atoms with van der Waals surface area (Å²) in [7, 11) is 0. The molecule has 0 bridgehead atoms. The van der Waals surface area contributed by atoms with E-state index in [9.17, 15) is 9.18 Å². The molecular weight excluding hydrogens is 401 g/mol. The number of carbonyl (C=O) groups is 1. The number of amides is 1. The summed E-state index contributed by atoms with van der Waals surface area (Å²) in [6.45, 7) is 1.18. The normalized spacial score (nSPS) is 13.3. The van der Waals surface area contributed by atoms with E-state index < -0.39 is 0 Å². The summed E-state index contributed by atoms with van der Waals surface area (Å²) in [5.74, 6) is 0.000807. The van der Waals surface area contributed by atoms with Crippen molar-refractivity contribution in [3.63, 3.8) is 0 Å². The summed E-state index contributed by atoms with van der Waals surface area (Å²) in [5.41, 5.74) is 4.19. The predicted molar refractivity (Wildman–Crippen MR) is 114 cm³/mol. The number of fused-ring (bicyclic) bond motifs is 2. The highest BCUT2D eigenvalue weighted by molar-refractivity contribution is 7.17. The quantitative estimate of drug-likeness (QED) is 0.490. The Morgan fingerprint density at radius 1 is 1.10 bits per heavy atom. The Labute approximate surface area is 176 Å². The second-order valence-electron chi connectivity index (χ2n) is 7.14. The lowest BCUT2D eigenvalue weighted by Gasteiger charge is -2.28.